The maximum Gasteiger partial charge on any atom is 0.297 e. The van der Waals surface area contributed by atoms with Crippen LogP contribution in [-0.4, -0.2) is 22.4 Å². The molecule has 0 spiro atoms. The van der Waals surface area contributed by atoms with Crippen molar-refractivity contribution in [3.63, 3.8) is 0 Å². The number of carbonyl (C=O) groups excluding carboxylic acids is 1. The van der Waals surface area contributed by atoms with Crippen LogP contribution in [0.25, 0.3) is 11.3 Å². The molecule has 0 aliphatic heterocycles. The van der Waals surface area contributed by atoms with Gasteiger partial charge in [0, 0.05) is 10.0 Å². The maximum absolute atomic E-state index is 11.7. The molecule has 8 nitrogen and oxygen atoms in total. The number of anilines is 1. The highest BCUT2D eigenvalue weighted by Gasteiger charge is 2.15. The quantitative estimate of drug-likeness (QED) is 0.522. The van der Waals surface area contributed by atoms with Crippen LogP contribution in [0.4, 0.5) is 5.82 Å². The first kappa shape index (κ1) is 15.9. The van der Waals surface area contributed by atoms with Crippen LogP contribution in [0.3, 0.4) is 0 Å². The van der Waals surface area contributed by atoms with E-state index in [0.29, 0.717) is 11.5 Å². The molecule has 0 unspecified atom stereocenters. The average molecular weight is 390 g/mol. The van der Waals surface area contributed by atoms with Crippen molar-refractivity contribution in [1.82, 2.24) is 15.7 Å². The van der Waals surface area contributed by atoms with Crippen LogP contribution in [0, 0.1) is 6.92 Å². The van der Waals surface area contributed by atoms with Crippen molar-refractivity contribution >= 4 is 33.9 Å². The van der Waals surface area contributed by atoms with Gasteiger partial charge in [-0.25, -0.2) is 10.1 Å². The average Bonchev–Trinajstić information content (AvgIpc) is 3.16. The molecule has 0 saturated carbocycles. The van der Waals surface area contributed by atoms with E-state index in [1.54, 1.807) is 6.07 Å². The second-order valence-electron chi connectivity index (χ2n) is 4.88. The second-order valence-corrected chi connectivity index (χ2v) is 5.74. The van der Waals surface area contributed by atoms with E-state index in [-0.39, 0.29) is 11.5 Å². The van der Waals surface area contributed by atoms with E-state index in [1.807, 2.05) is 31.2 Å². The molecule has 122 valence electrons. The van der Waals surface area contributed by atoms with E-state index in [1.165, 1.54) is 6.21 Å². The number of amides is 1. The topological polar surface area (TPSA) is 120 Å². The van der Waals surface area contributed by atoms with Gasteiger partial charge in [0.1, 0.15) is 11.5 Å². The number of aromatic nitrogens is 2. The van der Waals surface area contributed by atoms with Gasteiger partial charge in [-0.3, -0.25) is 4.79 Å². The number of nitrogens with zero attached hydrogens (tertiary/aromatic N) is 3. The molecule has 0 radical (unpaired) electrons. The number of halogens is 1. The van der Waals surface area contributed by atoms with Gasteiger partial charge in [-0.05, 0) is 47.1 Å². The molecule has 3 aromatic rings. The van der Waals surface area contributed by atoms with Crippen molar-refractivity contribution in [2.75, 3.05) is 5.73 Å². The first-order valence-electron chi connectivity index (χ1n) is 6.82. The van der Waals surface area contributed by atoms with Crippen molar-refractivity contribution in [2.45, 2.75) is 6.92 Å². The predicted octanol–water partition coefficient (Wildman–Crippen LogP) is 2.75. The van der Waals surface area contributed by atoms with Gasteiger partial charge in [0.05, 0.1) is 6.21 Å². The lowest BCUT2D eigenvalue weighted by atomic mass is 10.1. The fourth-order valence-electron chi connectivity index (χ4n) is 1.95. The molecule has 9 heteroatoms. The standard InChI is InChI=1S/C15H12BrN5O3/c1-8-2-4-10(11(16)6-8)12-5-3-9(23-12)7-18-19-15(22)13-14(17)21-24-20-13/h2-7H,1H3,(H2,17,21)(H,19,22). The molecule has 0 aliphatic rings. The minimum absolute atomic E-state index is 0.104. The number of hydrogen-bond acceptors (Lipinski definition) is 7. The number of carbonyl (C=O) groups is 1. The normalized spacial score (nSPS) is 11.1. The summed E-state index contributed by atoms with van der Waals surface area (Å²) in [5.74, 6) is 0.425. The summed E-state index contributed by atoms with van der Waals surface area (Å²) in [6.07, 6.45) is 1.37. The minimum atomic E-state index is -0.627. The number of nitrogens with two attached hydrogens (primary N) is 1. The molecule has 0 aliphatic carbocycles. The number of benzene rings is 1. The summed E-state index contributed by atoms with van der Waals surface area (Å²) in [6, 6.07) is 9.51. The van der Waals surface area contributed by atoms with Crippen molar-refractivity contribution in [3.05, 3.63) is 51.8 Å². The van der Waals surface area contributed by atoms with E-state index >= 15 is 0 Å². The number of nitrogen functional groups attached to an aromatic ring is 1. The third-order valence-electron chi connectivity index (χ3n) is 3.10. The van der Waals surface area contributed by atoms with Gasteiger partial charge >= 0.3 is 0 Å². The first-order chi connectivity index (χ1) is 11.5. The van der Waals surface area contributed by atoms with E-state index in [9.17, 15) is 4.79 Å². The monoisotopic (exact) mass is 389 g/mol. The van der Waals surface area contributed by atoms with Crippen LogP contribution in [0.15, 0.2) is 49.0 Å². The molecule has 0 saturated heterocycles. The molecule has 1 amide bonds. The zero-order valence-corrected chi connectivity index (χ0v) is 14.1. The lowest BCUT2D eigenvalue weighted by molar-refractivity contribution is 0.0946. The Balaban J connectivity index is 1.70. The van der Waals surface area contributed by atoms with E-state index in [4.69, 9.17) is 10.2 Å². The maximum atomic E-state index is 11.7. The number of furan rings is 1. The zero-order chi connectivity index (χ0) is 17.1. The van der Waals surface area contributed by atoms with Gasteiger partial charge in [-0.2, -0.15) is 5.10 Å². The number of nitrogens with one attached hydrogen (secondary N) is 1. The Morgan fingerprint density at radius 3 is 2.88 bits per heavy atom. The zero-order valence-electron chi connectivity index (χ0n) is 12.5. The Labute approximate surface area is 144 Å². The number of rotatable bonds is 4. The number of aryl methyl sites for hydroxylation is 1. The molecule has 3 N–H and O–H groups in total. The summed E-state index contributed by atoms with van der Waals surface area (Å²) in [5.41, 5.74) is 9.61. The number of hydrogen-bond donors (Lipinski definition) is 2. The largest absolute Gasteiger partial charge is 0.455 e. The molecule has 1 aromatic carbocycles. The third-order valence-corrected chi connectivity index (χ3v) is 3.76. The van der Waals surface area contributed by atoms with Gasteiger partial charge in [-0.1, -0.05) is 22.0 Å². The van der Waals surface area contributed by atoms with Gasteiger partial charge in [0.2, 0.25) is 11.5 Å². The summed E-state index contributed by atoms with van der Waals surface area (Å²) >= 11 is 3.51. The first-order valence-corrected chi connectivity index (χ1v) is 7.61. The van der Waals surface area contributed by atoms with Gasteiger partial charge in [0.15, 0.2) is 0 Å². The van der Waals surface area contributed by atoms with E-state index < -0.39 is 5.91 Å². The molecule has 0 fully saturated rings. The fraction of sp³-hybridized carbons (Fsp3) is 0.0667. The Hall–Kier alpha value is -2.94. The molecule has 0 atom stereocenters. The molecule has 2 aromatic heterocycles. The van der Waals surface area contributed by atoms with Crippen LogP contribution in [0.2, 0.25) is 0 Å². The predicted molar refractivity (Wildman–Crippen MR) is 90.4 cm³/mol. The van der Waals surface area contributed by atoms with Crippen LogP contribution in [0.1, 0.15) is 21.8 Å². The summed E-state index contributed by atoms with van der Waals surface area (Å²) in [7, 11) is 0. The summed E-state index contributed by atoms with van der Waals surface area (Å²) < 4.78 is 11.0. The van der Waals surface area contributed by atoms with Crippen LogP contribution in [0.5, 0.6) is 0 Å². The Morgan fingerprint density at radius 1 is 1.33 bits per heavy atom. The Bertz CT molecular complexity index is 915. The third kappa shape index (κ3) is 3.35. The van der Waals surface area contributed by atoms with Crippen molar-refractivity contribution in [2.24, 2.45) is 5.10 Å². The Morgan fingerprint density at radius 2 is 2.17 bits per heavy atom. The summed E-state index contributed by atoms with van der Waals surface area (Å²) in [6.45, 7) is 2.01. The van der Waals surface area contributed by atoms with Crippen molar-refractivity contribution < 1.29 is 13.8 Å². The highest BCUT2D eigenvalue weighted by Crippen LogP contribution is 2.30. The molecule has 2 heterocycles. The molecule has 24 heavy (non-hydrogen) atoms. The van der Waals surface area contributed by atoms with E-state index in [2.05, 4.69) is 41.4 Å². The Kier molecular flexibility index (Phi) is 4.43. The molecule has 0 bridgehead atoms. The fourth-order valence-corrected chi connectivity index (χ4v) is 2.64. The second kappa shape index (κ2) is 6.67. The van der Waals surface area contributed by atoms with Gasteiger partial charge in [-0.15, -0.1) is 0 Å². The minimum Gasteiger partial charge on any atom is -0.455 e. The molecule has 3 rings (SSSR count). The van der Waals surface area contributed by atoms with Crippen LogP contribution in [-0.2, 0) is 0 Å². The van der Waals surface area contributed by atoms with Crippen molar-refractivity contribution in [1.29, 1.82) is 0 Å². The van der Waals surface area contributed by atoms with Crippen LogP contribution < -0.4 is 11.2 Å². The van der Waals surface area contributed by atoms with Gasteiger partial charge < -0.3 is 10.2 Å². The lowest BCUT2D eigenvalue weighted by Crippen LogP contribution is -2.19. The highest BCUT2D eigenvalue weighted by atomic mass is 79.9. The summed E-state index contributed by atoms with van der Waals surface area (Å²) in [4.78, 5) is 11.7. The van der Waals surface area contributed by atoms with Crippen molar-refractivity contribution in [3.8, 4) is 11.3 Å². The molecular weight excluding hydrogens is 378 g/mol. The summed E-state index contributed by atoms with van der Waals surface area (Å²) in [5, 5.41) is 10.5. The smallest absolute Gasteiger partial charge is 0.297 e. The highest BCUT2D eigenvalue weighted by molar-refractivity contribution is 9.10. The lowest BCUT2D eigenvalue weighted by Gasteiger charge is -2.01. The SMILES string of the molecule is Cc1ccc(-c2ccc(C=NNC(=O)c3nonc3N)o2)c(Br)c1. The van der Waals surface area contributed by atoms with E-state index in [0.717, 1.165) is 15.6 Å². The number of hydrazone groups is 1. The molecular formula is C15H12BrN5O3. The van der Waals surface area contributed by atoms with Crippen LogP contribution >= 0.6 is 15.9 Å². The van der Waals surface area contributed by atoms with Gasteiger partial charge in [0.25, 0.3) is 5.91 Å².